The number of amides is 1. The van der Waals surface area contributed by atoms with Crippen LogP contribution >= 0.6 is 11.6 Å². The topological polar surface area (TPSA) is 51.0 Å². The highest BCUT2D eigenvalue weighted by molar-refractivity contribution is 6.31. The number of halogens is 1. The number of hydrogen-bond acceptors (Lipinski definition) is 3. The van der Waals surface area contributed by atoms with Gasteiger partial charge in [0, 0.05) is 29.0 Å². The highest BCUT2D eigenvalue weighted by Crippen LogP contribution is 2.28. The molecule has 0 N–H and O–H groups in total. The summed E-state index contributed by atoms with van der Waals surface area (Å²) in [7, 11) is 0. The summed E-state index contributed by atoms with van der Waals surface area (Å²) >= 11 is 6.34. The van der Waals surface area contributed by atoms with Crippen LogP contribution in [0.3, 0.4) is 0 Å². The van der Waals surface area contributed by atoms with Crippen molar-refractivity contribution in [3.8, 4) is 0 Å². The molecule has 1 aliphatic heterocycles. The number of rotatable bonds is 4. The molecule has 3 heterocycles. The molecule has 1 fully saturated rings. The van der Waals surface area contributed by atoms with Crippen molar-refractivity contribution in [1.82, 2.24) is 19.7 Å². The summed E-state index contributed by atoms with van der Waals surface area (Å²) in [6, 6.07) is 10.2. The number of hydrogen-bond donors (Lipinski definition) is 0. The first kappa shape index (κ1) is 18.9. The van der Waals surface area contributed by atoms with Gasteiger partial charge in [-0.1, -0.05) is 29.8 Å². The molecular weight excluding hydrogens is 372 g/mol. The van der Waals surface area contributed by atoms with Crippen LogP contribution in [-0.2, 0) is 6.42 Å². The fourth-order valence-corrected chi connectivity index (χ4v) is 4.26. The van der Waals surface area contributed by atoms with Crippen molar-refractivity contribution < 1.29 is 4.79 Å². The third-order valence-corrected chi connectivity index (χ3v) is 5.90. The van der Waals surface area contributed by atoms with Crippen molar-refractivity contribution >= 4 is 28.5 Å². The van der Waals surface area contributed by atoms with Crippen LogP contribution in [0.4, 0.5) is 0 Å². The Hall–Kier alpha value is -2.40. The van der Waals surface area contributed by atoms with Gasteiger partial charge in [-0.25, -0.2) is 9.67 Å². The zero-order valence-corrected chi connectivity index (χ0v) is 17.3. The quantitative estimate of drug-likeness (QED) is 0.635. The van der Waals surface area contributed by atoms with Crippen LogP contribution in [0.25, 0.3) is 11.0 Å². The van der Waals surface area contributed by atoms with E-state index in [1.54, 1.807) is 6.20 Å². The largest absolute Gasteiger partial charge is 0.335 e. The van der Waals surface area contributed by atoms with Gasteiger partial charge in [0.1, 0.15) is 0 Å². The van der Waals surface area contributed by atoms with E-state index < -0.39 is 0 Å². The number of aryl methyl sites for hydroxylation is 1. The van der Waals surface area contributed by atoms with E-state index in [-0.39, 0.29) is 18.0 Å². The summed E-state index contributed by atoms with van der Waals surface area (Å²) in [4.78, 5) is 20.1. The maximum atomic E-state index is 13.4. The van der Waals surface area contributed by atoms with E-state index in [0.29, 0.717) is 5.56 Å². The minimum atomic E-state index is 0.0544. The standard InChI is InChI=1S/C22H25ClN4O/c1-14(2)27-21-17(13-24-27)12-19(15(3)25-21)22(28)26-10-6-8-18(26)11-16-7-4-5-9-20(16)23/h4-5,7,9,12-14,18H,6,8,10-11H2,1-3H3. The third kappa shape index (κ3) is 3.39. The van der Waals surface area contributed by atoms with Gasteiger partial charge in [-0.3, -0.25) is 4.79 Å². The van der Waals surface area contributed by atoms with E-state index in [4.69, 9.17) is 16.6 Å². The maximum absolute atomic E-state index is 13.4. The monoisotopic (exact) mass is 396 g/mol. The number of benzene rings is 1. The van der Waals surface area contributed by atoms with Crippen molar-refractivity contribution in [2.24, 2.45) is 0 Å². The fourth-order valence-electron chi connectivity index (χ4n) is 4.05. The summed E-state index contributed by atoms with van der Waals surface area (Å²) in [6.07, 6.45) is 4.59. The lowest BCUT2D eigenvalue weighted by molar-refractivity contribution is 0.0735. The highest BCUT2D eigenvalue weighted by Gasteiger charge is 2.31. The first-order chi connectivity index (χ1) is 13.5. The zero-order valence-electron chi connectivity index (χ0n) is 16.5. The van der Waals surface area contributed by atoms with Gasteiger partial charge in [-0.05, 0) is 57.7 Å². The second-order valence-corrected chi connectivity index (χ2v) is 8.21. The average molecular weight is 397 g/mol. The maximum Gasteiger partial charge on any atom is 0.255 e. The Kier molecular flexibility index (Phi) is 5.11. The average Bonchev–Trinajstić information content (AvgIpc) is 3.29. The van der Waals surface area contributed by atoms with Gasteiger partial charge < -0.3 is 4.90 Å². The van der Waals surface area contributed by atoms with Crippen LogP contribution in [0, 0.1) is 6.92 Å². The molecule has 0 bridgehead atoms. The van der Waals surface area contributed by atoms with Crippen LogP contribution in [0.5, 0.6) is 0 Å². The molecule has 1 atom stereocenters. The second kappa shape index (κ2) is 7.55. The Morgan fingerprint density at radius 3 is 2.86 bits per heavy atom. The lowest BCUT2D eigenvalue weighted by Crippen LogP contribution is -2.37. The molecule has 1 amide bonds. The van der Waals surface area contributed by atoms with E-state index in [9.17, 15) is 4.79 Å². The van der Waals surface area contributed by atoms with Gasteiger partial charge in [-0.15, -0.1) is 0 Å². The van der Waals surface area contributed by atoms with Crippen molar-refractivity contribution in [3.05, 3.63) is 58.4 Å². The van der Waals surface area contributed by atoms with E-state index >= 15 is 0 Å². The highest BCUT2D eigenvalue weighted by atomic mass is 35.5. The Bertz CT molecular complexity index is 1030. The molecule has 146 valence electrons. The molecule has 5 nitrogen and oxygen atoms in total. The Balaban J connectivity index is 1.63. The minimum Gasteiger partial charge on any atom is -0.335 e. The molecule has 0 saturated carbocycles. The van der Waals surface area contributed by atoms with Gasteiger partial charge in [0.2, 0.25) is 0 Å². The molecular formula is C22H25ClN4O. The van der Waals surface area contributed by atoms with Gasteiger partial charge in [-0.2, -0.15) is 5.10 Å². The summed E-state index contributed by atoms with van der Waals surface area (Å²) in [6.45, 7) is 6.83. The van der Waals surface area contributed by atoms with Gasteiger partial charge in [0.25, 0.3) is 5.91 Å². The number of likely N-dealkylation sites (tertiary alicyclic amines) is 1. The Morgan fingerprint density at radius 2 is 2.11 bits per heavy atom. The molecule has 0 aliphatic carbocycles. The van der Waals surface area contributed by atoms with Crippen molar-refractivity contribution in [2.75, 3.05) is 6.54 Å². The van der Waals surface area contributed by atoms with Gasteiger partial charge in [0.05, 0.1) is 17.5 Å². The van der Waals surface area contributed by atoms with Crippen molar-refractivity contribution in [3.63, 3.8) is 0 Å². The molecule has 3 aromatic rings. The molecule has 1 aliphatic rings. The first-order valence-corrected chi connectivity index (χ1v) is 10.2. The van der Waals surface area contributed by atoms with Gasteiger partial charge >= 0.3 is 0 Å². The smallest absolute Gasteiger partial charge is 0.255 e. The van der Waals surface area contributed by atoms with Crippen LogP contribution in [-0.4, -0.2) is 38.2 Å². The molecule has 1 unspecified atom stereocenters. The molecule has 0 radical (unpaired) electrons. The predicted octanol–water partition coefficient (Wildman–Crippen LogP) is 4.82. The van der Waals surface area contributed by atoms with E-state index in [1.807, 2.05) is 46.8 Å². The molecule has 2 aromatic heterocycles. The van der Waals surface area contributed by atoms with E-state index in [0.717, 1.165) is 53.1 Å². The third-order valence-electron chi connectivity index (χ3n) is 5.53. The SMILES string of the molecule is Cc1nc2c(cnn2C(C)C)cc1C(=O)N1CCCC1Cc1ccccc1Cl. The summed E-state index contributed by atoms with van der Waals surface area (Å²) < 4.78 is 1.90. The van der Waals surface area contributed by atoms with Gasteiger partial charge in [0.15, 0.2) is 5.65 Å². The molecule has 4 rings (SSSR count). The molecule has 1 saturated heterocycles. The number of carbonyl (C=O) groups is 1. The molecule has 6 heteroatoms. The Labute approximate surface area is 170 Å². The molecule has 28 heavy (non-hydrogen) atoms. The number of aromatic nitrogens is 3. The number of fused-ring (bicyclic) bond motifs is 1. The number of nitrogens with zero attached hydrogens (tertiary/aromatic N) is 4. The van der Waals surface area contributed by atoms with Crippen molar-refractivity contribution in [2.45, 2.75) is 52.1 Å². The van der Waals surface area contributed by atoms with Crippen LogP contribution in [0.15, 0.2) is 36.5 Å². The first-order valence-electron chi connectivity index (χ1n) is 9.85. The van der Waals surface area contributed by atoms with Crippen LogP contribution < -0.4 is 0 Å². The Morgan fingerprint density at radius 1 is 1.32 bits per heavy atom. The van der Waals surface area contributed by atoms with E-state index in [1.165, 1.54) is 0 Å². The molecule has 0 spiro atoms. The predicted molar refractivity (Wildman–Crippen MR) is 112 cm³/mol. The van der Waals surface area contributed by atoms with E-state index in [2.05, 4.69) is 18.9 Å². The van der Waals surface area contributed by atoms with Crippen molar-refractivity contribution in [1.29, 1.82) is 0 Å². The van der Waals surface area contributed by atoms with Crippen LogP contribution in [0.2, 0.25) is 5.02 Å². The fraction of sp³-hybridized carbons (Fsp3) is 0.409. The zero-order chi connectivity index (χ0) is 19.8. The second-order valence-electron chi connectivity index (χ2n) is 7.81. The summed E-state index contributed by atoms with van der Waals surface area (Å²) in [5, 5.41) is 6.10. The lowest BCUT2D eigenvalue weighted by Gasteiger charge is -2.26. The summed E-state index contributed by atoms with van der Waals surface area (Å²) in [5.41, 5.74) is 3.35. The molecule has 1 aromatic carbocycles. The number of carbonyl (C=O) groups excluding carboxylic acids is 1. The number of pyridine rings is 1. The lowest BCUT2D eigenvalue weighted by atomic mass is 10.0. The van der Waals surface area contributed by atoms with Crippen LogP contribution in [0.1, 0.15) is 54.3 Å². The summed E-state index contributed by atoms with van der Waals surface area (Å²) in [5.74, 6) is 0.0544. The minimum absolute atomic E-state index is 0.0544. The normalized spacial score (nSPS) is 17.0.